The van der Waals surface area contributed by atoms with Crippen LogP contribution in [0, 0.1) is 0 Å². The molecule has 0 bridgehead atoms. The molecule has 0 saturated carbocycles. The Bertz CT molecular complexity index is 331. The molecular weight excluding hydrogens is 252 g/mol. The lowest BCUT2D eigenvalue weighted by atomic mass is 10.2. The zero-order chi connectivity index (χ0) is 12.7. The highest BCUT2D eigenvalue weighted by Gasteiger charge is 2.09. The Morgan fingerprint density at radius 2 is 1.76 bits per heavy atom. The van der Waals surface area contributed by atoms with E-state index in [0.29, 0.717) is 5.88 Å². The summed E-state index contributed by atoms with van der Waals surface area (Å²) in [6.45, 7) is 3.96. The monoisotopic (exact) mass is 269 g/mol. The van der Waals surface area contributed by atoms with Crippen molar-refractivity contribution in [1.82, 2.24) is 0 Å². The van der Waals surface area contributed by atoms with Crippen LogP contribution in [0.2, 0.25) is 0 Å². The minimum atomic E-state index is -0.0436. The Kier molecular flexibility index (Phi) is 6.44. The van der Waals surface area contributed by atoms with E-state index in [2.05, 4.69) is 10.2 Å². The quantitative estimate of drug-likeness (QED) is 0.558. The van der Waals surface area contributed by atoms with Crippen LogP contribution in [0.25, 0.3) is 0 Å². The molecule has 2 unspecified atom stereocenters. The van der Waals surface area contributed by atoms with Crippen LogP contribution in [0.15, 0.2) is 24.3 Å². The van der Waals surface area contributed by atoms with Crippen molar-refractivity contribution in [3.8, 4) is 11.5 Å². The van der Waals surface area contributed by atoms with Crippen LogP contribution in [-0.4, -0.2) is 28.0 Å². The van der Waals surface area contributed by atoms with Gasteiger partial charge < -0.3 is 9.47 Å². The summed E-state index contributed by atoms with van der Waals surface area (Å²) in [5.74, 6) is 2.21. The summed E-state index contributed by atoms with van der Waals surface area (Å²) in [7, 11) is 3.41. The van der Waals surface area contributed by atoms with Crippen molar-refractivity contribution >= 4 is 21.8 Å². The first-order chi connectivity index (χ1) is 8.13. The maximum atomic E-state index is 5.84. The topological polar surface area (TPSA) is 18.5 Å². The van der Waals surface area contributed by atoms with Gasteiger partial charge in [-0.25, -0.2) is 0 Å². The maximum Gasteiger partial charge on any atom is 0.161 e. The number of halogens is 1. The second kappa shape index (κ2) is 7.61. The van der Waals surface area contributed by atoms with Gasteiger partial charge in [-0.3, -0.25) is 0 Å². The Morgan fingerprint density at radius 3 is 2.29 bits per heavy atom. The third kappa shape index (κ3) is 5.46. The van der Waals surface area contributed by atoms with Crippen molar-refractivity contribution in [2.45, 2.75) is 38.5 Å². The van der Waals surface area contributed by atoms with E-state index in [0.717, 1.165) is 24.3 Å². The zero-order valence-electron chi connectivity index (χ0n) is 10.3. The van der Waals surface area contributed by atoms with Gasteiger partial charge in [-0.05, 0) is 38.8 Å². The van der Waals surface area contributed by atoms with Crippen LogP contribution < -0.4 is 9.47 Å². The zero-order valence-corrected chi connectivity index (χ0v) is 12.0. The van der Waals surface area contributed by atoms with Gasteiger partial charge in [0, 0.05) is 5.88 Å². The summed E-state index contributed by atoms with van der Waals surface area (Å²) in [6, 6.07) is 7.69. The van der Waals surface area contributed by atoms with E-state index in [1.807, 2.05) is 38.1 Å². The predicted octanol–water partition coefficient (Wildman–Crippen LogP) is 3.37. The fourth-order valence-electron chi connectivity index (χ4n) is 1.48. The summed E-state index contributed by atoms with van der Waals surface area (Å²) < 4.78 is 11.5. The molecule has 0 aliphatic carbocycles. The van der Waals surface area contributed by atoms with Crippen LogP contribution in [0.4, 0.5) is 0 Å². The number of benzene rings is 1. The molecule has 0 saturated heterocycles. The molecule has 0 heterocycles. The Balaban J connectivity index is 2.62. The third-order valence-corrected chi connectivity index (χ3v) is 2.61. The fraction of sp³-hybridized carbons (Fsp3) is 0.538. The Hall–Kier alpha value is -0.673. The first kappa shape index (κ1) is 14.4. The lowest BCUT2D eigenvalue weighted by Crippen LogP contribution is -2.15. The minimum absolute atomic E-state index is 0.0436. The van der Waals surface area contributed by atoms with Crippen molar-refractivity contribution in [3.05, 3.63) is 24.3 Å². The average molecular weight is 270 g/mol. The van der Waals surface area contributed by atoms with E-state index >= 15 is 0 Å². The van der Waals surface area contributed by atoms with Gasteiger partial charge >= 0.3 is 0 Å². The highest BCUT2D eigenvalue weighted by atomic mass is 35.5. The SMILES string of the molecule is CC([Si])Oc1ccccc1OC(C)CCCCl. The standard InChI is InChI=1S/C13H18ClO2Si/c1-10(6-5-9-14)15-12-7-3-4-8-13(12)16-11(2)17/h3-4,7-8,10-11H,5-6,9H2,1-2H3. The van der Waals surface area contributed by atoms with Gasteiger partial charge in [0.25, 0.3) is 0 Å². The lowest BCUT2D eigenvalue weighted by Gasteiger charge is -2.18. The molecule has 0 N–H and O–H groups in total. The van der Waals surface area contributed by atoms with E-state index < -0.39 is 0 Å². The van der Waals surface area contributed by atoms with Gasteiger partial charge in [0.15, 0.2) is 11.5 Å². The fourth-order valence-corrected chi connectivity index (χ4v) is 1.76. The van der Waals surface area contributed by atoms with Crippen molar-refractivity contribution in [2.24, 2.45) is 0 Å². The van der Waals surface area contributed by atoms with E-state index in [1.165, 1.54) is 0 Å². The van der Waals surface area contributed by atoms with Crippen LogP contribution >= 0.6 is 11.6 Å². The predicted molar refractivity (Wildman–Crippen MR) is 72.3 cm³/mol. The highest BCUT2D eigenvalue weighted by molar-refractivity contribution is 6.17. The number of ether oxygens (including phenoxy) is 2. The second-order valence-corrected chi connectivity index (χ2v) is 5.16. The van der Waals surface area contributed by atoms with Crippen LogP contribution in [0.3, 0.4) is 0 Å². The molecule has 0 aliphatic heterocycles. The molecule has 2 nitrogen and oxygen atoms in total. The van der Waals surface area contributed by atoms with Gasteiger partial charge in [-0.15, -0.1) is 11.6 Å². The van der Waals surface area contributed by atoms with E-state index in [4.69, 9.17) is 21.1 Å². The summed E-state index contributed by atoms with van der Waals surface area (Å²) >= 11 is 5.66. The smallest absolute Gasteiger partial charge is 0.161 e. The molecule has 4 heteroatoms. The first-order valence-electron chi connectivity index (χ1n) is 5.83. The number of para-hydroxylation sites is 2. The molecule has 1 rings (SSSR count). The molecule has 0 fully saturated rings. The number of alkyl halides is 1. The third-order valence-electron chi connectivity index (χ3n) is 2.23. The Labute approximate surface area is 112 Å². The summed E-state index contributed by atoms with van der Waals surface area (Å²) in [6.07, 6.45) is 2.05. The molecule has 93 valence electrons. The Morgan fingerprint density at radius 1 is 1.18 bits per heavy atom. The minimum Gasteiger partial charge on any atom is -0.491 e. The van der Waals surface area contributed by atoms with Crippen molar-refractivity contribution in [2.75, 3.05) is 5.88 Å². The molecule has 17 heavy (non-hydrogen) atoms. The lowest BCUT2D eigenvalue weighted by molar-refractivity contribution is 0.193. The first-order valence-corrected chi connectivity index (χ1v) is 6.94. The van der Waals surface area contributed by atoms with E-state index in [-0.39, 0.29) is 11.8 Å². The van der Waals surface area contributed by atoms with Crippen LogP contribution in [0.5, 0.6) is 11.5 Å². The molecule has 1 aromatic rings. The van der Waals surface area contributed by atoms with Crippen molar-refractivity contribution in [3.63, 3.8) is 0 Å². The number of rotatable bonds is 7. The van der Waals surface area contributed by atoms with Gasteiger partial charge in [0.1, 0.15) is 0 Å². The molecule has 0 aliphatic rings. The molecule has 3 radical (unpaired) electrons. The van der Waals surface area contributed by atoms with E-state index in [9.17, 15) is 0 Å². The van der Waals surface area contributed by atoms with Crippen molar-refractivity contribution < 1.29 is 9.47 Å². The summed E-state index contributed by atoms with van der Waals surface area (Å²) in [5.41, 5.74) is -0.0436. The largest absolute Gasteiger partial charge is 0.491 e. The molecule has 1 aromatic carbocycles. The molecule has 0 spiro atoms. The van der Waals surface area contributed by atoms with Gasteiger partial charge in [0.05, 0.1) is 22.1 Å². The van der Waals surface area contributed by atoms with Gasteiger partial charge in [-0.2, -0.15) is 0 Å². The summed E-state index contributed by atoms with van der Waals surface area (Å²) in [5, 5.41) is 0. The van der Waals surface area contributed by atoms with Crippen LogP contribution in [-0.2, 0) is 0 Å². The molecule has 0 amide bonds. The molecule has 2 atom stereocenters. The van der Waals surface area contributed by atoms with Crippen molar-refractivity contribution in [1.29, 1.82) is 0 Å². The maximum absolute atomic E-state index is 5.84. The average Bonchev–Trinajstić information content (AvgIpc) is 2.28. The molecule has 0 aromatic heterocycles. The number of hydrogen-bond acceptors (Lipinski definition) is 2. The second-order valence-electron chi connectivity index (χ2n) is 3.97. The van der Waals surface area contributed by atoms with Gasteiger partial charge in [0.2, 0.25) is 0 Å². The van der Waals surface area contributed by atoms with Crippen LogP contribution in [0.1, 0.15) is 26.7 Å². The highest BCUT2D eigenvalue weighted by Crippen LogP contribution is 2.28. The summed E-state index contributed by atoms with van der Waals surface area (Å²) in [4.78, 5) is 0. The molecular formula is C13H18ClO2Si. The van der Waals surface area contributed by atoms with Gasteiger partial charge in [-0.1, -0.05) is 12.1 Å². The van der Waals surface area contributed by atoms with E-state index in [1.54, 1.807) is 0 Å². The number of hydrogen-bond donors (Lipinski definition) is 0. The normalized spacial score (nSPS) is 14.1.